The number of aliphatic carboxylic acids is 1. The quantitative estimate of drug-likeness (QED) is 0.143. The maximum atomic E-state index is 10.8. The van der Waals surface area contributed by atoms with Gasteiger partial charge in [-0.3, -0.25) is 0 Å². The SMILES string of the molecule is Cc1cc(SCC=C(c2ccc(C#Cc3ccsc3)cc2)c2ccc(C#Cc3ccsc3)cc2)ccc1OCC(=O)O. The highest BCUT2D eigenvalue weighted by molar-refractivity contribution is 7.99. The van der Waals surface area contributed by atoms with Gasteiger partial charge in [0, 0.05) is 43.7 Å². The standard InChI is InChI=1S/C36H26O3S3/c1-26-22-33(14-15-35(26)39-23-36(37)38)42-21-18-34(31-10-6-27(7-11-31)2-4-29-16-19-40-24-29)32-12-8-28(9-13-32)3-5-30-17-20-41-25-30/h6-20,22,24-25H,21,23H2,1H3,(H,37,38). The van der Waals surface area contributed by atoms with Crippen LogP contribution in [-0.4, -0.2) is 23.4 Å². The van der Waals surface area contributed by atoms with Crippen molar-refractivity contribution in [2.75, 3.05) is 12.4 Å². The smallest absolute Gasteiger partial charge is 0.341 e. The molecule has 42 heavy (non-hydrogen) atoms. The molecule has 206 valence electrons. The minimum Gasteiger partial charge on any atom is -0.482 e. The van der Waals surface area contributed by atoms with Crippen molar-refractivity contribution < 1.29 is 14.6 Å². The summed E-state index contributed by atoms with van der Waals surface area (Å²) in [4.78, 5) is 11.9. The predicted octanol–water partition coefficient (Wildman–Crippen LogP) is 8.61. The van der Waals surface area contributed by atoms with E-state index in [1.165, 1.54) is 0 Å². The van der Waals surface area contributed by atoms with E-state index in [2.05, 4.69) is 78.3 Å². The first-order valence-corrected chi connectivity index (χ1v) is 16.0. The Morgan fingerprint density at radius 3 is 1.81 bits per heavy atom. The molecule has 0 amide bonds. The van der Waals surface area contributed by atoms with Crippen LogP contribution >= 0.6 is 34.4 Å². The lowest BCUT2D eigenvalue weighted by Gasteiger charge is -2.11. The van der Waals surface area contributed by atoms with E-state index in [-0.39, 0.29) is 6.61 Å². The largest absolute Gasteiger partial charge is 0.482 e. The van der Waals surface area contributed by atoms with Crippen LogP contribution in [0.5, 0.6) is 5.75 Å². The highest BCUT2D eigenvalue weighted by atomic mass is 32.2. The van der Waals surface area contributed by atoms with Gasteiger partial charge in [0.2, 0.25) is 0 Å². The van der Waals surface area contributed by atoms with Gasteiger partial charge in [0.15, 0.2) is 6.61 Å². The maximum absolute atomic E-state index is 10.8. The van der Waals surface area contributed by atoms with Crippen molar-refractivity contribution in [3.8, 4) is 29.4 Å². The zero-order chi connectivity index (χ0) is 29.1. The summed E-state index contributed by atoms with van der Waals surface area (Å²) in [7, 11) is 0. The number of carboxylic acids is 1. The average molecular weight is 603 g/mol. The molecule has 0 fully saturated rings. The second-order valence-corrected chi connectivity index (χ2v) is 11.9. The van der Waals surface area contributed by atoms with Crippen molar-refractivity contribution in [1.82, 2.24) is 0 Å². The molecule has 0 radical (unpaired) electrons. The van der Waals surface area contributed by atoms with Gasteiger partial charge in [-0.2, -0.15) is 22.7 Å². The number of hydrogen-bond donors (Lipinski definition) is 1. The summed E-state index contributed by atoms with van der Waals surface area (Å²) >= 11 is 5.00. The predicted molar refractivity (Wildman–Crippen MR) is 176 cm³/mol. The Morgan fingerprint density at radius 2 is 1.33 bits per heavy atom. The molecular weight excluding hydrogens is 577 g/mol. The van der Waals surface area contributed by atoms with Gasteiger partial charge in [0.1, 0.15) is 5.75 Å². The molecule has 0 saturated heterocycles. The van der Waals surface area contributed by atoms with Crippen LogP contribution in [0.25, 0.3) is 5.57 Å². The van der Waals surface area contributed by atoms with Gasteiger partial charge in [0.05, 0.1) is 0 Å². The van der Waals surface area contributed by atoms with Crippen molar-refractivity contribution in [3.63, 3.8) is 0 Å². The molecule has 0 aliphatic heterocycles. The third-order valence-electron chi connectivity index (χ3n) is 6.17. The van der Waals surface area contributed by atoms with Gasteiger partial charge in [-0.15, -0.1) is 11.8 Å². The van der Waals surface area contributed by atoms with Crippen LogP contribution in [-0.2, 0) is 4.79 Å². The first-order valence-electron chi connectivity index (χ1n) is 13.1. The van der Waals surface area contributed by atoms with E-state index in [1.807, 2.05) is 58.8 Å². The lowest BCUT2D eigenvalue weighted by atomic mass is 9.96. The number of ether oxygens (including phenoxy) is 1. The third kappa shape index (κ3) is 8.28. The lowest BCUT2D eigenvalue weighted by Crippen LogP contribution is -2.09. The molecule has 6 heteroatoms. The number of carbonyl (C=O) groups is 1. The van der Waals surface area contributed by atoms with E-state index in [1.54, 1.807) is 34.4 Å². The zero-order valence-corrected chi connectivity index (χ0v) is 25.2. The summed E-state index contributed by atoms with van der Waals surface area (Å²) in [6.45, 7) is 1.57. The van der Waals surface area contributed by atoms with Crippen LogP contribution in [0.15, 0.2) is 111 Å². The fourth-order valence-corrected chi connectivity index (χ4v) is 6.11. The molecule has 0 aliphatic rings. The lowest BCUT2D eigenvalue weighted by molar-refractivity contribution is -0.139. The first-order chi connectivity index (χ1) is 20.5. The van der Waals surface area contributed by atoms with Gasteiger partial charge in [0.25, 0.3) is 0 Å². The first kappa shape index (κ1) is 29.0. The van der Waals surface area contributed by atoms with Crippen LogP contribution in [0.4, 0.5) is 0 Å². The van der Waals surface area contributed by atoms with Gasteiger partial charge < -0.3 is 9.84 Å². The molecule has 0 aliphatic carbocycles. The number of benzene rings is 3. The molecule has 0 atom stereocenters. The molecule has 0 unspecified atom stereocenters. The summed E-state index contributed by atoms with van der Waals surface area (Å²) in [5.74, 6) is 13.3. The van der Waals surface area contributed by atoms with E-state index in [0.717, 1.165) is 55.2 Å². The molecule has 2 heterocycles. The van der Waals surface area contributed by atoms with Gasteiger partial charge in [-0.1, -0.05) is 54.0 Å². The topological polar surface area (TPSA) is 46.5 Å². The normalized spacial score (nSPS) is 10.1. The number of thiophene rings is 2. The summed E-state index contributed by atoms with van der Waals surface area (Å²) in [5, 5.41) is 17.0. The number of thioether (sulfide) groups is 1. The van der Waals surface area contributed by atoms with E-state index >= 15 is 0 Å². The van der Waals surface area contributed by atoms with Crippen molar-refractivity contribution in [2.24, 2.45) is 0 Å². The zero-order valence-electron chi connectivity index (χ0n) is 22.8. The van der Waals surface area contributed by atoms with Crippen molar-refractivity contribution >= 4 is 46.0 Å². The Balaban J connectivity index is 1.36. The Bertz CT molecular complexity index is 1690. The molecule has 0 bridgehead atoms. The minimum absolute atomic E-state index is 0.351. The number of aryl methyl sites for hydroxylation is 1. The van der Waals surface area contributed by atoms with E-state index in [9.17, 15) is 4.79 Å². The van der Waals surface area contributed by atoms with Crippen LogP contribution in [0.1, 0.15) is 38.9 Å². The Hall–Kier alpha value is -4.46. The van der Waals surface area contributed by atoms with Crippen molar-refractivity contribution in [2.45, 2.75) is 11.8 Å². The monoisotopic (exact) mass is 602 g/mol. The summed E-state index contributed by atoms with van der Waals surface area (Å²) in [6.07, 6.45) is 2.24. The highest BCUT2D eigenvalue weighted by Crippen LogP contribution is 2.29. The minimum atomic E-state index is -0.990. The van der Waals surface area contributed by atoms with Crippen molar-refractivity contribution in [1.29, 1.82) is 0 Å². The number of carboxylic acid groups (broad SMARTS) is 1. The van der Waals surface area contributed by atoms with Gasteiger partial charge in [-0.05, 0) is 94.5 Å². The van der Waals surface area contributed by atoms with Crippen molar-refractivity contribution in [3.05, 3.63) is 145 Å². The third-order valence-corrected chi connectivity index (χ3v) is 8.46. The highest BCUT2D eigenvalue weighted by Gasteiger charge is 2.08. The fourth-order valence-electron chi connectivity index (χ4n) is 4.06. The molecule has 0 saturated carbocycles. The van der Waals surface area contributed by atoms with Gasteiger partial charge >= 0.3 is 5.97 Å². The second kappa shape index (κ2) is 14.4. The molecule has 5 aromatic rings. The van der Waals surface area contributed by atoms with E-state index in [0.29, 0.717) is 5.75 Å². The second-order valence-electron chi connectivity index (χ2n) is 9.22. The molecule has 5 rings (SSSR count). The van der Waals surface area contributed by atoms with Crippen LogP contribution in [0.3, 0.4) is 0 Å². The fraction of sp³-hybridized carbons (Fsp3) is 0.0833. The summed E-state index contributed by atoms with van der Waals surface area (Å²) in [5.41, 5.74) is 8.27. The molecule has 3 nitrogen and oxygen atoms in total. The van der Waals surface area contributed by atoms with Gasteiger partial charge in [-0.25, -0.2) is 4.79 Å². The molecule has 1 N–H and O–H groups in total. The van der Waals surface area contributed by atoms with Crippen LogP contribution in [0.2, 0.25) is 0 Å². The molecule has 3 aromatic carbocycles. The number of hydrogen-bond acceptors (Lipinski definition) is 5. The molecular formula is C36H26O3S3. The Labute approximate surface area is 258 Å². The Morgan fingerprint density at radius 1 is 0.786 bits per heavy atom. The summed E-state index contributed by atoms with van der Waals surface area (Å²) in [6, 6.07) is 26.6. The molecule has 0 spiro atoms. The van der Waals surface area contributed by atoms with Crippen LogP contribution in [0, 0.1) is 30.6 Å². The molecule has 2 aromatic heterocycles. The summed E-state index contributed by atoms with van der Waals surface area (Å²) < 4.78 is 5.37. The van der Waals surface area contributed by atoms with Crippen LogP contribution < -0.4 is 4.74 Å². The van der Waals surface area contributed by atoms with E-state index < -0.39 is 5.97 Å². The number of rotatable bonds is 8. The maximum Gasteiger partial charge on any atom is 0.341 e. The average Bonchev–Trinajstić information content (AvgIpc) is 3.72. The van der Waals surface area contributed by atoms with E-state index in [4.69, 9.17) is 9.84 Å². The Kier molecular flexibility index (Phi) is 9.98.